The van der Waals surface area contributed by atoms with Crippen LogP contribution in [0.2, 0.25) is 0 Å². The van der Waals surface area contributed by atoms with E-state index in [9.17, 15) is 8.78 Å². The Balaban J connectivity index is 0.00000121. The lowest BCUT2D eigenvalue weighted by Gasteiger charge is -2.21. The van der Waals surface area contributed by atoms with Gasteiger partial charge < -0.3 is 0 Å². The van der Waals surface area contributed by atoms with Crippen molar-refractivity contribution < 1.29 is 8.78 Å². The minimum atomic E-state index is -2.45. The monoisotopic (exact) mass is 291 g/mol. The molecule has 1 aliphatic heterocycles. The second-order valence-electron chi connectivity index (χ2n) is 3.79. The van der Waals surface area contributed by atoms with Crippen LogP contribution in [0.5, 0.6) is 0 Å². The van der Waals surface area contributed by atoms with Crippen molar-refractivity contribution >= 4 is 24.0 Å². The predicted molar refractivity (Wildman–Crippen MR) is 56.2 cm³/mol. The fourth-order valence-electron chi connectivity index (χ4n) is 1.75. The van der Waals surface area contributed by atoms with E-state index in [2.05, 4.69) is 0 Å². The molecule has 0 radical (unpaired) electrons. The van der Waals surface area contributed by atoms with Crippen LogP contribution in [0.25, 0.3) is 0 Å². The van der Waals surface area contributed by atoms with Gasteiger partial charge in [0.25, 0.3) is 5.92 Å². The Morgan fingerprint density at radius 2 is 1.92 bits per heavy atom. The minimum absolute atomic E-state index is 0. The molecule has 1 aliphatic rings. The molecule has 0 aromatic heterocycles. The first-order valence-corrected chi connectivity index (χ1v) is 4.00. The first-order chi connectivity index (χ1) is 4.92. The van der Waals surface area contributed by atoms with Crippen LogP contribution >= 0.6 is 24.0 Å². The van der Waals surface area contributed by atoms with Crippen LogP contribution in [-0.2, 0) is 0 Å². The maximum atomic E-state index is 12.8. The Kier molecular flexibility index (Phi) is 4.37. The molecule has 0 bridgehead atoms. The normalized spacial score (nSPS) is 29.0. The molecule has 74 valence electrons. The first-order valence-electron chi connectivity index (χ1n) is 4.00. The van der Waals surface area contributed by atoms with Crippen LogP contribution in [-0.4, -0.2) is 30.5 Å². The van der Waals surface area contributed by atoms with Gasteiger partial charge in [0, 0.05) is 12.5 Å². The Morgan fingerprint density at radius 3 is 2.08 bits per heavy atom. The Hall–Kier alpha value is 0.550. The second-order valence-corrected chi connectivity index (χ2v) is 3.79. The molecule has 0 aromatic rings. The predicted octanol–water partition coefficient (Wildman–Crippen LogP) is 2.60. The molecule has 1 unspecified atom stereocenters. The molecule has 12 heavy (non-hydrogen) atoms. The molecular weight excluding hydrogens is 275 g/mol. The fraction of sp³-hybridized carbons (Fsp3) is 1.00. The standard InChI is InChI=1S/C8H15F2N.HI/c1-6(2)7-4-8(9,10)5-11(7)3;/h6-7H,4-5H2,1-3H3;1H. The van der Waals surface area contributed by atoms with Crippen LogP contribution < -0.4 is 0 Å². The van der Waals surface area contributed by atoms with E-state index in [1.54, 1.807) is 11.9 Å². The van der Waals surface area contributed by atoms with Crippen LogP contribution in [0, 0.1) is 5.92 Å². The highest BCUT2D eigenvalue weighted by molar-refractivity contribution is 14.0. The van der Waals surface area contributed by atoms with Crippen molar-refractivity contribution in [2.45, 2.75) is 32.2 Å². The van der Waals surface area contributed by atoms with Crippen LogP contribution in [0.15, 0.2) is 0 Å². The summed E-state index contributed by atoms with van der Waals surface area (Å²) in [6.07, 6.45) is 0.0289. The van der Waals surface area contributed by atoms with Crippen molar-refractivity contribution in [2.24, 2.45) is 5.92 Å². The smallest absolute Gasteiger partial charge is 0.262 e. The van der Waals surface area contributed by atoms with E-state index in [1.165, 1.54) is 0 Å². The third-order valence-electron chi connectivity index (χ3n) is 2.32. The average molecular weight is 291 g/mol. The van der Waals surface area contributed by atoms with E-state index in [4.69, 9.17) is 0 Å². The molecule has 0 aliphatic carbocycles. The van der Waals surface area contributed by atoms with E-state index in [0.29, 0.717) is 5.92 Å². The molecule has 1 atom stereocenters. The molecule has 1 rings (SSSR count). The number of likely N-dealkylation sites (tertiary alicyclic amines) is 1. The summed E-state index contributed by atoms with van der Waals surface area (Å²) in [5.41, 5.74) is 0. The Labute approximate surface area is 89.5 Å². The lowest BCUT2D eigenvalue weighted by atomic mass is 10.0. The third-order valence-corrected chi connectivity index (χ3v) is 2.32. The molecule has 0 spiro atoms. The largest absolute Gasteiger partial charge is 0.297 e. The van der Waals surface area contributed by atoms with Gasteiger partial charge in [-0.25, -0.2) is 8.78 Å². The molecule has 0 amide bonds. The van der Waals surface area contributed by atoms with Crippen molar-refractivity contribution in [3.63, 3.8) is 0 Å². The molecule has 0 saturated carbocycles. The van der Waals surface area contributed by atoms with Gasteiger partial charge in [-0.1, -0.05) is 13.8 Å². The maximum absolute atomic E-state index is 12.8. The highest BCUT2D eigenvalue weighted by Gasteiger charge is 2.43. The van der Waals surface area contributed by atoms with Gasteiger partial charge in [0.15, 0.2) is 0 Å². The summed E-state index contributed by atoms with van der Waals surface area (Å²) in [5, 5.41) is 0. The number of halogens is 3. The van der Waals surface area contributed by atoms with Crippen LogP contribution in [0.1, 0.15) is 20.3 Å². The summed E-state index contributed by atoms with van der Waals surface area (Å²) in [4.78, 5) is 1.75. The van der Waals surface area contributed by atoms with Gasteiger partial charge in [-0.05, 0) is 13.0 Å². The van der Waals surface area contributed by atoms with Gasteiger partial charge in [0.2, 0.25) is 0 Å². The van der Waals surface area contributed by atoms with E-state index in [1.807, 2.05) is 13.8 Å². The SMILES string of the molecule is CC(C)C1CC(F)(F)CN1C.I. The van der Waals surface area contributed by atoms with Crippen molar-refractivity contribution in [3.8, 4) is 0 Å². The highest BCUT2D eigenvalue weighted by atomic mass is 127. The summed E-state index contributed by atoms with van der Waals surface area (Å²) in [6, 6.07) is 0.0602. The molecular formula is C8H16F2IN. The summed E-state index contributed by atoms with van der Waals surface area (Å²) >= 11 is 0. The molecule has 1 fully saturated rings. The van der Waals surface area contributed by atoms with Gasteiger partial charge in [0.1, 0.15) is 0 Å². The fourth-order valence-corrected chi connectivity index (χ4v) is 1.75. The van der Waals surface area contributed by atoms with Crippen LogP contribution in [0.3, 0.4) is 0 Å². The van der Waals surface area contributed by atoms with Crippen molar-refractivity contribution in [1.82, 2.24) is 4.90 Å². The van der Waals surface area contributed by atoms with Crippen molar-refractivity contribution in [2.75, 3.05) is 13.6 Å². The third kappa shape index (κ3) is 2.80. The zero-order valence-corrected chi connectivity index (χ0v) is 10.0. The first kappa shape index (κ1) is 12.6. The van der Waals surface area contributed by atoms with Crippen LogP contribution in [0.4, 0.5) is 8.78 Å². The molecule has 1 saturated heterocycles. The number of hydrogen-bond donors (Lipinski definition) is 0. The summed E-state index contributed by atoms with van der Waals surface area (Å²) in [6.45, 7) is 3.90. The maximum Gasteiger partial charge on any atom is 0.262 e. The Bertz CT molecular complexity index is 150. The number of rotatable bonds is 1. The molecule has 0 N–H and O–H groups in total. The van der Waals surface area contributed by atoms with Gasteiger partial charge in [-0.2, -0.15) is 0 Å². The number of nitrogens with zero attached hydrogens (tertiary/aromatic N) is 1. The second kappa shape index (κ2) is 4.17. The molecule has 0 aromatic carbocycles. The lowest BCUT2D eigenvalue weighted by Crippen LogP contribution is -2.29. The zero-order chi connectivity index (χ0) is 8.65. The number of alkyl halides is 2. The molecule has 1 nitrogen and oxygen atoms in total. The lowest BCUT2D eigenvalue weighted by molar-refractivity contribution is 0.0137. The summed E-state index contributed by atoms with van der Waals surface area (Å²) < 4.78 is 25.5. The van der Waals surface area contributed by atoms with Gasteiger partial charge >= 0.3 is 0 Å². The zero-order valence-electron chi connectivity index (χ0n) is 7.68. The van der Waals surface area contributed by atoms with Crippen molar-refractivity contribution in [1.29, 1.82) is 0 Å². The van der Waals surface area contributed by atoms with Gasteiger partial charge in [-0.3, -0.25) is 4.90 Å². The number of hydrogen-bond acceptors (Lipinski definition) is 1. The molecule has 1 heterocycles. The topological polar surface area (TPSA) is 3.24 Å². The summed E-state index contributed by atoms with van der Waals surface area (Å²) in [7, 11) is 1.77. The van der Waals surface area contributed by atoms with Gasteiger partial charge in [0.05, 0.1) is 6.54 Å². The van der Waals surface area contributed by atoms with E-state index < -0.39 is 5.92 Å². The molecule has 4 heteroatoms. The Morgan fingerprint density at radius 1 is 1.42 bits per heavy atom. The van der Waals surface area contributed by atoms with Crippen molar-refractivity contribution in [3.05, 3.63) is 0 Å². The average Bonchev–Trinajstić information content (AvgIpc) is 2.05. The summed E-state index contributed by atoms with van der Waals surface area (Å²) in [5.74, 6) is -2.13. The quantitative estimate of drug-likeness (QED) is 0.671. The minimum Gasteiger partial charge on any atom is -0.297 e. The highest BCUT2D eigenvalue weighted by Crippen LogP contribution is 2.33. The van der Waals surface area contributed by atoms with E-state index in [-0.39, 0.29) is 43.0 Å². The van der Waals surface area contributed by atoms with E-state index in [0.717, 1.165) is 0 Å². The van der Waals surface area contributed by atoms with Gasteiger partial charge in [-0.15, -0.1) is 24.0 Å². The van der Waals surface area contributed by atoms with E-state index >= 15 is 0 Å².